The zero-order chi connectivity index (χ0) is 7.78. The molecule has 3 heteroatoms. The van der Waals surface area contributed by atoms with Crippen LogP contribution >= 0.6 is 12.0 Å². The molecule has 1 aliphatic rings. The molecule has 2 atom stereocenters. The van der Waals surface area contributed by atoms with Gasteiger partial charge in [-0.25, -0.2) is 0 Å². The highest BCUT2D eigenvalue weighted by Crippen LogP contribution is 2.37. The molecule has 0 amide bonds. The molecule has 0 aromatic carbocycles. The van der Waals surface area contributed by atoms with Crippen LogP contribution in [-0.2, 0) is 4.18 Å². The van der Waals surface area contributed by atoms with Gasteiger partial charge < -0.3 is 9.29 Å². The lowest BCUT2D eigenvalue weighted by molar-refractivity contribution is 0.0453. The third-order valence-electron chi connectivity index (χ3n) is 1.86. The second kappa shape index (κ2) is 2.72. The summed E-state index contributed by atoms with van der Waals surface area (Å²) in [5.41, 5.74) is 0. The van der Waals surface area contributed by atoms with E-state index in [0.717, 1.165) is 0 Å². The lowest BCUT2D eigenvalue weighted by Crippen LogP contribution is -2.43. The molecule has 0 bridgehead atoms. The Balaban J connectivity index is 2.60. The summed E-state index contributed by atoms with van der Waals surface area (Å²) in [4.78, 5) is 0. The van der Waals surface area contributed by atoms with E-state index >= 15 is 0 Å². The van der Waals surface area contributed by atoms with Gasteiger partial charge in [-0.1, -0.05) is 6.92 Å². The molecule has 0 unspecified atom stereocenters. The van der Waals surface area contributed by atoms with Gasteiger partial charge >= 0.3 is 0 Å². The van der Waals surface area contributed by atoms with Gasteiger partial charge in [0.2, 0.25) is 0 Å². The molecule has 0 aromatic rings. The Labute approximate surface area is 66.2 Å². The van der Waals surface area contributed by atoms with Crippen molar-refractivity contribution in [3.8, 4) is 0 Å². The predicted molar refractivity (Wildman–Crippen MR) is 42.8 cm³/mol. The summed E-state index contributed by atoms with van der Waals surface area (Å²) >= 11 is 1.38. The van der Waals surface area contributed by atoms with Gasteiger partial charge in [0, 0.05) is 5.92 Å². The van der Waals surface area contributed by atoms with Crippen LogP contribution in [-0.4, -0.2) is 22.6 Å². The minimum absolute atomic E-state index is 0.141. The van der Waals surface area contributed by atoms with Crippen LogP contribution in [0.15, 0.2) is 0 Å². The van der Waals surface area contributed by atoms with E-state index in [1.807, 2.05) is 20.8 Å². The van der Waals surface area contributed by atoms with E-state index in [-0.39, 0.29) is 16.8 Å². The fourth-order valence-corrected chi connectivity index (χ4v) is 2.04. The molecule has 60 valence electrons. The van der Waals surface area contributed by atoms with Gasteiger partial charge in [-0.2, -0.15) is 0 Å². The Morgan fingerprint density at radius 1 is 1.60 bits per heavy atom. The third kappa shape index (κ3) is 1.47. The number of aliphatic hydroxyl groups is 1. The van der Waals surface area contributed by atoms with Gasteiger partial charge in [0.25, 0.3) is 0 Å². The standard InChI is InChI=1S/C7H14O2S/c1-5-4-9-10-7(2,3)6(5)8/h5-6,8H,4H2,1-3H3/t5-,6-/m0/s1. The summed E-state index contributed by atoms with van der Waals surface area (Å²) in [6, 6.07) is 0. The highest BCUT2D eigenvalue weighted by Gasteiger charge is 2.37. The molecule has 10 heavy (non-hydrogen) atoms. The molecule has 0 spiro atoms. The van der Waals surface area contributed by atoms with Crippen molar-refractivity contribution >= 4 is 12.0 Å². The first-order valence-electron chi connectivity index (χ1n) is 3.53. The van der Waals surface area contributed by atoms with E-state index in [1.165, 1.54) is 12.0 Å². The first-order valence-corrected chi connectivity index (χ1v) is 4.27. The van der Waals surface area contributed by atoms with Gasteiger partial charge in [-0.05, 0) is 25.9 Å². The fourth-order valence-electron chi connectivity index (χ4n) is 1.12. The summed E-state index contributed by atoms with van der Waals surface area (Å²) in [5, 5.41) is 9.60. The van der Waals surface area contributed by atoms with E-state index in [4.69, 9.17) is 4.18 Å². The van der Waals surface area contributed by atoms with Crippen molar-refractivity contribution < 1.29 is 9.29 Å². The Kier molecular flexibility index (Phi) is 2.28. The van der Waals surface area contributed by atoms with Crippen molar-refractivity contribution in [1.82, 2.24) is 0 Å². The largest absolute Gasteiger partial charge is 0.391 e. The van der Waals surface area contributed by atoms with E-state index in [2.05, 4.69) is 0 Å². The number of rotatable bonds is 0. The maximum atomic E-state index is 9.60. The SMILES string of the molecule is C[C@H]1COSC(C)(C)[C@H]1O. The van der Waals surface area contributed by atoms with Crippen molar-refractivity contribution in [3.05, 3.63) is 0 Å². The Morgan fingerprint density at radius 2 is 2.20 bits per heavy atom. The van der Waals surface area contributed by atoms with E-state index in [1.54, 1.807) is 0 Å². The molecule has 2 nitrogen and oxygen atoms in total. The smallest absolute Gasteiger partial charge is 0.0751 e. The average Bonchev–Trinajstić information content (AvgIpc) is 1.83. The maximum Gasteiger partial charge on any atom is 0.0751 e. The van der Waals surface area contributed by atoms with Crippen LogP contribution in [0.2, 0.25) is 0 Å². The molecule has 0 radical (unpaired) electrons. The highest BCUT2D eigenvalue weighted by molar-refractivity contribution is 7.96. The zero-order valence-corrected chi connectivity index (χ0v) is 7.44. The zero-order valence-electron chi connectivity index (χ0n) is 6.63. The molecule has 0 saturated carbocycles. The van der Waals surface area contributed by atoms with Gasteiger partial charge in [-0.15, -0.1) is 0 Å². The van der Waals surface area contributed by atoms with Gasteiger partial charge in [0.15, 0.2) is 0 Å². The third-order valence-corrected chi connectivity index (χ3v) is 2.78. The van der Waals surface area contributed by atoms with Crippen LogP contribution in [0.5, 0.6) is 0 Å². The molecule has 1 fully saturated rings. The molecule has 1 aliphatic heterocycles. The Bertz CT molecular complexity index is 125. The molecule has 0 aliphatic carbocycles. The molecule has 1 N–H and O–H groups in total. The highest BCUT2D eigenvalue weighted by atomic mass is 32.2. The van der Waals surface area contributed by atoms with Crippen molar-refractivity contribution in [2.75, 3.05) is 6.61 Å². The minimum Gasteiger partial charge on any atom is -0.391 e. The molecular formula is C7H14O2S. The second-order valence-electron chi connectivity index (χ2n) is 3.39. The summed E-state index contributed by atoms with van der Waals surface area (Å²) in [5.74, 6) is 0.260. The Hall–Kier alpha value is 0.270. The van der Waals surface area contributed by atoms with E-state index in [9.17, 15) is 5.11 Å². The van der Waals surface area contributed by atoms with Crippen molar-refractivity contribution in [3.63, 3.8) is 0 Å². The van der Waals surface area contributed by atoms with Crippen LogP contribution in [0.1, 0.15) is 20.8 Å². The molecule has 1 saturated heterocycles. The summed E-state index contributed by atoms with van der Waals surface area (Å²) in [6.45, 7) is 6.66. The molecular weight excluding hydrogens is 148 g/mol. The average molecular weight is 162 g/mol. The Morgan fingerprint density at radius 3 is 2.60 bits per heavy atom. The van der Waals surface area contributed by atoms with E-state index in [0.29, 0.717) is 6.61 Å². The summed E-state index contributed by atoms with van der Waals surface area (Å²) < 4.78 is 5.08. The monoisotopic (exact) mass is 162 g/mol. The minimum atomic E-state index is -0.244. The topological polar surface area (TPSA) is 29.5 Å². The first kappa shape index (κ1) is 8.37. The normalized spacial score (nSPS) is 39.6. The summed E-state index contributed by atoms with van der Waals surface area (Å²) in [6.07, 6.45) is -0.244. The lowest BCUT2D eigenvalue weighted by atomic mass is 9.95. The second-order valence-corrected chi connectivity index (χ2v) is 4.85. The van der Waals surface area contributed by atoms with Crippen molar-refractivity contribution in [1.29, 1.82) is 0 Å². The predicted octanol–water partition coefficient (Wildman–Crippen LogP) is 1.44. The van der Waals surface area contributed by atoms with Crippen LogP contribution in [0.25, 0.3) is 0 Å². The quantitative estimate of drug-likeness (QED) is 0.546. The molecule has 1 heterocycles. The summed E-state index contributed by atoms with van der Waals surface area (Å²) in [7, 11) is 0. The van der Waals surface area contributed by atoms with Gasteiger partial charge in [0.1, 0.15) is 0 Å². The van der Waals surface area contributed by atoms with Crippen LogP contribution in [0, 0.1) is 5.92 Å². The van der Waals surface area contributed by atoms with Gasteiger partial charge in [0.05, 0.1) is 17.5 Å². The van der Waals surface area contributed by atoms with Gasteiger partial charge in [-0.3, -0.25) is 0 Å². The number of hydrogen-bond acceptors (Lipinski definition) is 3. The maximum absolute atomic E-state index is 9.60. The molecule has 1 rings (SSSR count). The first-order chi connectivity index (χ1) is 4.54. The lowest BCUT2D eigenvalue weighted by Gasteiger charge is -2.37. The van der Waals surface area contributed by atoms with Crippen molar-refractivity contribution in [2.45, 2.75) is 31.6 Å². The van der Waals surface area contributed by atoms with Crippen LogP contribution in [0.3, 0.4) is 0 Å². The molecule has 0 aromatic heterocycles. The van der Waals surface area contributed by atoms with Crippen molar-refractivity contribution in [2.24, 2.45) is 5.92 Å². The van der Waals surface area contributed by atoms with Crippen LogP contribution < -0.4 is 0 Å². The number of aliphatic hydroxyl groups excluding tert-OH is 1. The fraction of sp³-hybridized carbons (Fsp3) is 1.00. The number of hydrogen-bond donors (Lipinski definition) is 1. The van der Waals surface area contributed by atoms with E-state index < -0.39 is 0 Å². The van der Waals surface area contributed by atoms with Crippen LogP contribution in [0.4, 0.5) is 0 Å².